The van der Waals surface area contributed by atoms with Gasteiger partial charge in [0.15, 0.2) is 5.76 Å². The van der Waals surface area contributed by atoms with Gasteiger partial charge in [0.25, 0.3) is 0 Å². The van der Waals surface area contributed by atoms with Crippen molar-refractivity contribution in [2.24, 2.45) is 0 Å². The summed E-state index contributed by atoms with van der Waals surface area (Å²) >= 11 is 5.76. The lowest BCUT2D eigenvalue weighted by molar-refractivity contribution is 0.0913. The molecule has 0 bridgehead atoms. The van der Waals surface area contributed by atoms with Gasteiger partial charge in [-0.15, -0.1) is 0 Å². The van der Waals surface area contributed by atoms with E-state index in [0.29, 0.717) is 0 Å². The molecule has 0 saturated heterocycles. The van der Waals surface area contributed by atoms with Gasteiger partial charge in [-0.05, 0) is 6.07 Å². The highest BCUT2D eigenvalue weighted by Gasteiger charge is 2.33. The Morgan fingerprint density at radius 2 is 1.94 bits per heavy atom. The zero-order chi connectivity index (χ0) is 11.9. The molecule has 5 heteroatoms. The molecule has 2 rings (SSSR count). The van der Waals surface area contributed by atoms with Crippen molar-refractivity contribution >= 4 is 28.9 Å². The zero-order valence-corrected chi connectivity index (χ0v) is 9.17. The monoisotopic (exact) mass is 237 g/mol. The molecule has 1 aromatic rings. The summed E-state index contributed by atoms with van der Waals surface area (Å²) in [4.78, 5) is 23.7. The van der Waals surface area contributed by atoms with Gasteiger partial charge in [-0.25, -0.2) is 0 Å². The van der Waals surface area contributed by atoms with E-state index >= 15 is 0 Å². The van der Waals surface area contributed by atoms with Gasteiger partial charge >= 0.3 is 0 Å². The number of hydrogen-bond donors (Lipinski definition) is 1. The number of nitrogens with two attached hydrogens (primary N) is 1. The third-order valence-electron chi connectivity index (χ3n) is 2.38. The van der Waals surface area contributed by atoms with Crippen LogP contribution in [0.25, 0.3) is 0 Å². The topological polar surface area (TPSA) is 69.4 Å². The highest BCUT2D eigenvalue weighted by atomic mass is 35.5. The van der Waals surface area contributed by atoms with Gasteiger partial charge in [0.1, 0.15) is 5.03 Å². The van der Waals surface area contributed by atoms with Crippen molar-refractivity contribution in [2.45, 2.75) is 0 Å². The van der Waals surface area contributed by atoms with E-state index in [1.54, 1.807) is 12.1 Å². The van der Waals surface area contributed by atoms with Gasteiger partial charge in [0.2, 0.25) is 11.6 Å². The number of halogens is 1. The molecule has 0 fully saturated rings. The Morgan fingerprint density at radius 3 is 2.56 bits per heavy atom. The molecule has 2 N–H and O–H groups in total. The Morgan fingerprint density at radius 1 is 1.25 bits per heavy atom. The fourth-order valence-corrected chi connectivity index (χ4v) is 1.89. The van der Waals surface area contributed by atoms with Crippen LogP contribution >= 0.6 is 11.6 Å². The van der Waals surface area contributed by atoms with Gasteiger partial charge < -0.3 is 10.5 Å². The van der Waals surface area contributed by atoms with E-state index in [1.165, 1.54) is 13.2 Å². The molecule has 1 aromatic carbocycles. The summed E-state index contributed by atoms with van der Waals surface area (Å²) < 4.78 is 4.82. The zero-order valence-electron chi connectivity index (χ0n) is 8.41. The number of anilines is 1. The first-order valence-electron chi connectivity index (χ1n) is 4.49. The maximum atomic E-state index is 11.9. The standard InChI is InChI=1S/C11H8ClNO3/c1-16-11-8(12)10(15)7-5(9(11)14)3-2-4-6(7)13/h2-4H,13H2,1H3. The molecule has 16 heavy (non-hydrogen) atoms. The lowest BCUT2D eigenvalue weighted by Crippen LogP contribution is -2.22. The first-order valence-corrected chi connectivity index (χ1v) is 4.87. The van der Waals surface area contributed by atoms with E-state index < -0.39 is 11.6 Å². The molecule has 0 aromatic heterocycles. The molecular formula is C11H8ClNO3. The number of allylic oxidation sites excluding steroid dienone is 2. The van der Waals surface area contributed by atoms with E-state index in [2.05, 4.69) is 0 Å². The predicted octanol–water partition coefficient (Wildman–Crippen LogP) is 1.74. The van der Waals surface area contributed by atoms with E-state index in [4.69, 9.17) is 22.1 Å². The van der Waals surface area contributed by atoms with Gasteiger partial charge in [-0.2, -0.15) is 0 Å². The Labute approximate surface area is 96.6 Å². The SMILES string of the molecule is COC1=C(Cl)C(=O)c2c(N)cccc2C1=O. The number of methoxy groups -OCH3 is 1. The van der Waals surface area contributed by atoms with Gasteiger partial charge in [0.05, 0.1) is 12.7 Å². The fourth-order valence-electron chi connectivity index (χ4n) is 1.63. The van der Waals surface area contributed by atoms with Crippen LogP contribution < -0.4 is 5.73 Å². The van der Waals surface area contributed by atoms with E-state index in [0.717, 1.165) is 0 Å². The highest BCUT2D eigenvalue weighted by Crippen LogP contribution is 2.31. The summed E-state index contributed by atoms with van der Waals surface area (Å²) in [6.45, 7) is 0. The highest BCUT2D eigenvalue weighted by molar-refractivity contribution is 6.50. The minimum absolute atomic E-state index is 0.134. The van der Waals surface area contributed by atoms with Gasteiger partial charge in [-0.3, -0.25) is 9.59 Å². The fraction of sp³-hybridized carbons (Fsp3) is 0.0909. The Hall–Kier alpha value is -1.81. The molecule has 1 aliphatic carbocycles. The van der Waals surface area contributed by atoms with Gasteiger partial charge in [0, 0.05) is 11.3 Å². The number of ether oxygens (including phenoxy) is 1. The van der Waals surface area contributed by atoms with Crippen LogP contribution in [0.15, 0.2) is 29.0 Å². The van der Waals surface area contributed by atoms with Crippen molar-refractivity contribution in [3.63, 3.8) is 0 Å². The lowest BCUT2D eigenvalue weighted by atomic mass is 9.92. The first-order chi connectivity index (χ1) is 7.57. The summed E-state index contributed by atoms with van der Waals surface area (Å²) in [5.74, 6) is -1.04. The number of ketones is 2. The molecule has 82 valence electrons. The molecule has 0 amide bonds. The van der Waals surface area contributed by atoms with Crippen LogP contribution in [0.4, 0.5) is 5.69 Å². The largest absolute Gasteiger partial charge is 0.491 e. The number of rotatable bonds is 1. The van der Waals surface area contributed by atoms with Crippen LogP contribution in [-0.4, -0.2) is 18.7 Å². The molecule has 1 aliphatic rings. The van der Waals surface area contributed by atoms with Crippen molar-refractivity contribution in [3.8, 4) is 0 Å². The molecule has 0 spiro atoms. The second-order valence-electron chi connectivity index (χ2n) is 3.28. The molecule has 0 aliphatic heterocycles. The minimum Gasteiger partial charge on any atom is -0.491 e. The maximum Gasteiger partial charge on any atom is 0.230 e. The Bertz CT molecular complexity index is 534. The molecule has 0 heterocycles. The van der Waals surface area contributed by atoms with Crippen molar-refractivity contribution in [2.75, 3.05) is 12.8 Å². The number of Topliss-reactive ketones (excluding diaryl/α,β-unsaturated/α-hetero) is 2. The van der Waals surface area contributed by atoms with Crippen LogP contribution in [0.5, 0.6) is 0 Å². The summed E-state index contributed by atoms with van der Waals surface area (Å²) in [6, 6.07) is 4.67. The lowest BCUT2D eigenvalue weighted by Gasteiger charge is -2.17. The van der Waals surface area contributed by atoms with Crippen molar-refractivity contribution < 1.29 is 14.3 Å². The van der Waals surface area contributed by atoms with E-state index in [1.807, 2.05) is 0 Å². The molecule has 4 nitrogen and oxygen atoms in total. The average molecular weight is 238 g/mol. The minimum atomic E-state index is -0.480. The number of benzene rings is 1. The second kappa shape index (κ2) is 3.64. The smallest absolute Gasteiger partial charge is 0.230 e. The molecule has 0 saturated carbocycles. The summed E-state index contributed by atoms with van der Waals surface area (Å²) in [6.07, 6.45) is 0. The first kappa shape index (κ1) is 10.7. The third-order valence-corrected chi connectivity index (χ3v) is 2.72. The van der Waals surface area contributed by atoms with Gasteiger partial charge in [-0.1, -0.05) is 23.7 Å². The summed E-state index contributed by atoms with van der Waals surface area (Å²) in [7, 11) is 1.29. The molecular weight excluding hydrogens is 230 g/mol. The third kappa shape index (κ3) is 1.31. The number of carbonyl (C=O) groups is 2. The van der Waals surface area contributed by atoms with Crippen LogP contribution in [0.3, 0.4) is 0 Å². The van der Waals surface area contributed by atoms with Crippen LogP contribution in [0, 0.1) is 0 Å². The van der Waals surface area contributed by atoms with Crippen molar-refractivity contribution in [1.82, 2.24) is 0 Å². The van der Waals surface area contributed by atoms with Crippen molar-refractivity contribution in [3.05, 3.63) is 40.1 Å². The van der Waals surface area contributed by atoms with Crippen LogP contribution in [0.2, 0.25) is 0 Å². The number of hydrogen-bond acceptors (Lipinski definition) is 4. The Balaban J connectivity index is 2.74. The van der Waals surface area contributed by atoms with E-state index in [-0.39, 0.29) is 27.6 Å². The molecule has 0 atom stereocenters. The summed E-state index contributed by atoms with van der Waals surface area (Å²) in [5.41, 5.74) is 6.27. The van der Waals surface area contributed by atoms with Crippen LogP contribution in [0.1, 0.15) is 20.7 Å². The summed E-state index contributed by atoms with van der Waals surface area (Å²) in [5, 5.41) is -0.224. The van der Waals surface area contributed by atoms with Crippen molar-refractivity contribution in [1.29, 1.82) is 0 Å². The predicted molar refractivity (Wildman–Crippen MR) is 59.4 cm³/mol. The van der Waals surface area contributed by atoms with Crippen LogP contribution in [-0.2, 0) is 4.74 Å². The number of nitrogen functional groups attached to an aromatic ring is 1. The average Bonchev–Trinajstić information content (AvgIpc) is 2.27. The number of fused-ring (bicyclic) bond motifs is 1. The number of carbonyl (C=O) groups excluding carboxylic acids is 2. The Kier molecular flexibility index (Phi) is 2.44. The quantitative estimate of drug-likeness (QED) is 0.756. The normalized spacial score (nSPS) is 15.1. The second-order valence-corrected chi connectivity index (χ2v) is 3.65. The maximum absolute atomic E-state index is 11.9. The molecule has 0 unspecified atom stereocenters. The van der Waals surface area contributed by atoms with E-state index in [9.17, 15) is 9.59 Å². The molecule has 0 radical (unpaired) electrons.